The summed E-state index contributed by atoms with van der Waals surface area (Å²) in [5.41, 5.74) is 1.01. The molecule has 0 aliphatic carbocycles. The standard InChI is InChI=1S/C16H16N3O6PS.Na/c1-24-16(20)18-15-17-13-9-12(27-11-5-3-2-4-6-11)7-8-14(13)19(15)10-25-26(21,22)23;/h2-9H,10H2,1H3,(H,17,18,20)(H2,21,22,23);/q;+1/p-1. The van der Waals surface area contributed by atoms with Gasteiger partial charge in [-0.15, -0.1) is 0 Å². The number of methoxy groups -OCH3 is 1. The number of phosphoric ester groups is 1. The molecule has 1 unspecified atom stereocenters. The van der Waals surface area contributed by atoms with Crippen LogP contribution >= 0.6 is 19.6 Å². The van der Waals surface area contributed by atoms with Crippen LogP contribution in [0.4, 0.5) is 10.7 Å². The van der Waals surface area contributed by atoms with Crippen molar-refractivity contribution in [3.05, 3.63) is 48.5 Å². The number of fused-ring (bicyclic) bond motifs is 1. The smallest absolute Gasteiger partial charge is 0.756 e. The molecule has 1 amide bonds. The van der Waals surface area contributed by atoms with Gasteiger partial charge in [0.05, 0.1) is 18.1 Å². The quantitative estimate of drug-likeness (QED) is 0.406. The maximum atomic E-state index is 11.5. The molecule has 0 radical (unpaired) electrons. The Bertz CT molecular complexity index is 1010. The SMILES string of the molecule is COC(=O)Nc1nc2cc(Sc3ccccc3)ccc2n1COP(=O)([O-])O.[Na+]. The predicted molar refractivity (Wildman–Crippen MR) is 97.2 cm³/mol. The van der Waals surface area contributed by atoms with Crippen LogP contribution in [0.15, 0.2) is 58.3 Å². The summed E-state index contributed by atoms with van der Waals surface area (Å²) in [6.07, 6.45) is -0.778. The Kier molecular flexibility index (Phi) is 8.11. The van der Waals surface area contributed by atoms with Gasteiger partial charge in [-0.25, -0.2) is 9.78 Å². The fourth-order valence-corrected chi connectivity index (χ4v) is 3.43. The summed E-state index contributed by atoms with van der Waals surface area (Å²) in [5.74, 6) is 0.0205. The van der Waals surface area contributed by atoms with Crippen molar-refractivity contribution in [3.63, 3.8) is 0 Å². The minimum absolute atomic E-state index is 0. The monoisotopic (exact) mass is 431 g/mol. The molecule has 12 heteroatoms. The average molecular weight is 431 g/mol. The Labute approximate surface area is 187 Å². The first-order valence-electron chi connectivity index (χ1n) is 7.62. The summed E-state index contributed by atoms with van der Waals surface area (Å²) in [7, 11) is -3.76. The van der Waals surface area contributed by atoms with E-state index >= 15 is 0 Å². The van der Waals surface area contributed by atoms with Crippen LogP contribution in [0.3, 0.4) is 0 Å². The van der Waals surface area contributed by atoms with Gasteiger partial charge in [-0.05, 0) is 30.3 Å². The normalized spacial score (nSPS) is 12.8. The number of aromatic nitrogens is 2. The molecule has 3 rings (SSSR count). The van der Waals surface area contributed by atoms with Crippen LogP contribution in [0.2, 0.25) is 0 Å². The van der Waals surface area contributed by atoms with E-state index in [4.69, 9.17) is 4.89 Å². The number of amides is 1. The number of nitrogens with zero attached hydrogens (tertiary/aromatic N) is 2. The second-order valence-electron chi connectivity index (χ2n) is 5.27. The van der Waals surface area contributed by atoms with E-state index in [9.17, 15) is 14.3 Å². The molecule has 0 fully saturated rings. The molecule has 1 aromatic heterocycles. The van der Waals surface area contributed by atoms with Crippen LogP contribution in [0, 0.1) is 0 Å². The van der Waals surface area contributed by atoms with E-state index in [0.29, 0.717) is 11.0 Å². The minimum Gasteiger partial charge on any atom is -0.756 e. The van der Waals surface area contributed by atoms with Crippen molar-refractivity contribution in [1.29, 1.82) is 0 Å². The number of benzene rings is 2. The number of anilines is 1. The molecule has 2 N–H and O–H groups in total. The first-order chi connectivity index (χ1) is 12.9. The Hall–Kier alpha value is -1.36. The molecule has 0 spiro atoms. The van der Waals surface area contributed by atoms with Crippen molar-refractivity contribution >= 4 is 42.7 Å². The Morgan fingerprint density at radius 3 is 2.64 bits per heavy atom. The Balaban J connectivity index is 0.00000280. The third-order valence-electron chi connectivity index (χ3n) is 3.45. The summed E-state index contributed by atoms with van der Waals surface area (Å²) in [6, 6.07) is 15.1. The molecule has 9 nitrogen and oxygen atoms in total. The molecule has 2 aromatic carbocycles. The van der Waals surface area contributed by atoms with E-state index in [2.05, 4.69) is 19.6 Å². The van der Waals surface area contributed by atoms with E-state index in [1.54, 1.807) is 12.1 Å². The maximum Gasteiger partial charge on any atom is 1.00 e. The molecule has 0 bridgehead atoms. The van der Waals surface area contributed by atoms with E-state index in [1.807, 2.05) is 36.4 Å². The number of nitrogens with one attached hydrogen (secondary N) is 1. The van der Waals surface area contributed by atoms with E-state index in [-0.39, 0.29) is 35.5 Å². The average Bonchev–Trinajstić information content (AvgIpc) is 2.96. The summed E-state index contributed by atoms with van der Waals surface area (Å²) in [4.78, 5) is 37.5. The van der Waals surface area contributed by atoms with Gasteiger partial charge >= 0.3 is 35.7 Å². The van der Waals surface area contributed by atoms with Gasteiger partial charge in [0.2, 0.25) is 5.95 Å². The van der Waals surface area contributed by atoms with Crippen LogP contribution < -0.4 is 39.8 Å². The van der Waals surface area contributed by atoms with Crippen LogP contribution in [0.5, 0.6) is 0 Å². The van der Waals surface area contributed by atoms with E-state index in [1.165, 1.54) is 23.4 Å². The van der Waals surface area contributed by atoms with Gasteiger partial charge < -0.3 is 14.5 Å². The van der Waals surface area contributed by atoms with Crippen molar-refractivity contribution in [3.8, 4) is 0 Å². The molecule has 0 saturated heterocycles. The summed E-state index contributed by atoms with van der Waals surface area (Å²) in [5, 5.41) is 2.39. The zero-order valence-electron chi connectivity index (χ0n) is 15.1. The molecule has 28 heavy (non-hydrogen) atoms. The Morgan fingerprint density at radius 2 is 2.00 bits per heavy atom. The summed E-state index contributed by atoms with van der Waals surface area (Å²) < 4.78 is 21.2. The second kappa shape index (κ2) is 9.91. The molecule has 0 saturated carbocycles. The molecular formula is C16H15N3NaO6PS. The first kappa shape index (κ1) is 22.9. The van der Waals surface area contributed by atoms with Gasteiger partial charge in [0.1, 0.15) is 6.73 Å². The van der Waals surface area contributed by atoms with Gasteiger partial charge in [0.25, 0.3) is 7.82 Å². The first-order valence-corrected chi connectivity index (χ1v) is 9.93. The molecule has 1 heterocycles. The van der Waals surface area contributed by atoms with E-state index in [0.717, 1.165) is 9.79 Å². The maximum absolute atomic E-state index is 11.5. The molecule has 0 aliphatic heterocycles. The summed E-state index contributed by atoms with van der Waals surface area (Å²) >= 11 is 1.53. The number of carbonyl (C=O) groups excluding carboxylic acids is 1. The number of imidazole rings is 1. The van der Waals surface area contributed by atoms with Gasteiger partial charge in [0.15, 0.2) is 0 Å². The van der Waals surface area contributed by atoms with Gasteiger partial charge in [0, 0.05) is 9.79 Å². The number of hydrogen-bond donors (Lipinski definition) is 2. The van der Waals surface area contributed by atoms with Crippen molar-refractivity contribution in [2.45, 2.75) is 16.5 Å². The van der Waals surface area contributed by atoms with Gasteiger partial charge in [-0.3, -0.25) is 19.0 Å². The molecule has 0 aliphatic rings. The fourth-order valence-electron chi connectivity index (χ4n) is 2.30. The van der Waals surface area contributed by atoms with Crippen LogP contribution in [-0.2, 0) is 20.6 Å². The van der Waals surface area contributed by atoms with Crippen molar-refractivity contribution < 1.29 is 58.0 Å². The van der Waals surface area contributed by atoms with Crippen molar-refractivity contribution in [2.75, 3.05) is 12.4 Å². The fraction of sp³-hybridized carbons (Fsp3) is 0.125. The van der Waals surface area contributed by atoms with Crippen LogP contribution in [0.25, 0.3) is 11.0 Å². The van der Waals surface area contributed by atoms with Gasteiger partial charge in [-0.1, -0.05) is 30.0 Å². The number of hydrogen-bond acceptors (Lipinski definition) is 7. The largest absolute Gasteiger partial charge is 1.00 e. The number of phosphoric acid groups is 1. The third kappa shape index (κ3) is 6.07. The van der Waals surface area contributed by atoms with Crippen LogP contribution in [-0.4, -0.2) is 27.6 Å². The minimum atomic E-state index is -4.95. The predicted octanol–water partition coefficient (Wildman–Crippen LogP) is -0.195. The zero-order valence-corrected chi connectivity index (χ0v) is 18.8. The molecular weight excluding hydrogens is 416 g/mol. The van der Waals surface area contributed by atoms with Crippen LogP contribution in [0.1, 0.15) is 0 Å². The number of carbonyl (C=O) groups is 1. The van der Waals surface area contributed by atoms with E-state index < -0.39 is 20.6 Å². The Morgan fingerprint density at radius 1 is 1.29 bits per heavy atom. The zero-order chi connectivity index (χ0) is 19.4. The molecule has 3 aromatic rings. The van der Waals surface area contributed by atoms with Crippen molar-refractivity contribution in [2.24, 2.45) is 0 Å². The van der Waals surface area contributed by atoms with Gasteiger partial charge in [-0.2, -0.15) is 0 Å². The third-order valence-corrected chi connectivity index (χ3v) is 4.89. The summed E-state index contributed by atoms with van der Waals surface area (Å²) in [6.45, 7) is -0.557. The second-order valence-corrected chi connectivity index (χ2v) is 7.61. The number of ether oxygens (including phenoxy) is 1. The molecule has 1 atom stereocenters. The molecule has 142 valence electrons. The number of rotatable bonds is 6. The topological polar surface area (TPSA) is 126 Å². The van der Waals surface area contributed by atoms with Crippen molar-refractivity contribution in [1.82, 2.24) is 9.55 Å².